The van der Waals surface area contributed by atoms with Gasteiger partial charge >= 0.3 is 0 Å². The molecule has 0 saturated carbocycles. The van der Waals surface area contributed by atoms with Crippen LogP contribution in [0.2, 0.25) is 10.0 Å². The van der Waals surface area contributed by atoms with Crippen molar-refractivity contribution in [1.82, 2.24) is 4.98 Å². The normalized spacial score (nSPS) is 10.1. The van der Waals surface area contributed by atoms with E-state index in [0.717, 1.165) is 5.69 Å². The Kier molecular flexibility index (Phi) is 4.67. The molecule has 0 atom stereocenters. The number of para-hydroxylation sites is 1. The van der Waals surface area contributed by atoms with Crippen LogP contribution in [0.15, 0.2) is 36.4 Å². The summed E-state index contributed by atoms with van der Waals surface area (Å²) in [5.74, 6) is 0.707. The van der Waals surface area contributed by atoms with Gasteiger partial charge in [-0.2, -0.15) is 5.26 Å². The van der Waals surface area contributed by atoms with Crippen LogP contribution >= 0.6 is 23.2 Å². The molecule has 20 heavy (non-hydrogen) atoms. The summed E-state index contributed by atoms with van der Waals surface area (Å²) in [5, 5.41) is 9.51. The first-order valence-electron chi connectivity index (χ1n) is 5.94. The highest BCUT2D eigenvalue weighted by atomic mass is 35.5. The minimum Gasteiger partial charge on any atom is -0.382 e. The summed E-state index contributed by atoms with van der Waals surface area (Å²) in [5.41, 5.74) is 6.63. The molecule has 1 heterocycles. The first-order chi connectivity index (χ1) is 9.63. The van der Waals surface area contributed by atoms with E-state index in [2.05, 4.69) is 11.1 Å². The number of hydrogen-bond acceptors (Lipinski definition) is 4. The fourth-order valence-electron chi connectivity index (χ4n) is 1.79. The van der Waals surface area contributed by atoms with Crippen molar-refractivity contribution in [3.8, 4) is 6.07 Å². The van der Waals surface area contributed by atoms with Gasteiger partial charge in [0, 0.05) is 12.2 Å². The molecule has 0 aliphatic carbocycles. The van der Waals surface area contributed by atoms with Crippen LogP contribution in [0, 0.1) is 11.3 Å². The van der Waals surface area contributed by atoms with E-state index in [4.69, 9.17) is 34.2 Å². The van der Waals surface area contributed by atoms with Crippen LogP contribution in [-0.2, 0) is 0 Å². The van der Waals surface area contributed by atoms with Crippen molar-refractivity contribution in [2.75, 3.05) is 17.2 Å². The van der Waals surface area contributed by atoms with Crippen molar-refractivity contribution >= 4 is 40.5 Å². The number of pyridine rings is 1. The molecule has 0 bridgehead atoms. The summed E-state index contributed by atoms with van der Waals surface area (Å²) in [7, 11) is 0. The standard InChI is InChI=1S/C14H12Cl2N4/c15-11-9-12(16)14(19-13(11)18)20(8-4-7-17)10-5-2-1-3-6-10/h1-3,5-6,9H,4,8H2,(H2,18,19). The number of halogens is 2. The number of nitrogens with two attached hydrogens (primary N) is 1. The Morgan fingerprint density at radius 3 is 2.55 bits per heavy atom. The molecule has 0 amide bonds. The number of nitrogens with zero attached hydrogens (tertiary/aromatic N) is 3. The average Bonchev–Trinajstić information content (AvgIpc) is 2.45. The second kappa shape index (κ2) is 6.47. The maximum atomic E-state index is 8.80. The van der Waals surface area contributed by atoms with E-state index in [9.17, 15) is 0 Å². The average molecular weight is 307 g/mol. The molecule has 0 aliphatic rings. The van der Waals surface area contributed by atoms with Gasteiger partial charge in [0.15, 0.2) is 5.82 Å². The topological polar surface area (TPSA) is 65.9 Å². The Bertz CT molecular complexity index is 638. The first-order valence-corrected chi connectivity index (χ1v) is 6.70. The first kappa shape index (κ1) is 14.4. The second-order valence-electron chi connectivity index (χ2n) is 4.06. The van der Waals surface area contributed by atoms with E-state index in [0.29, 0.717) is 28.8 Å². The van der Waals surface area contributed by atoms with Crippen molar-refractivity contribution < 1.29 is 0 Å². The molecular weight excluding hydrogens is 295 g/mol. The summed E-state index contributed by atoms with van der Waals surface area (Å²) in [6.07, 6.45) is 0.343. The Morgan fingerprint density at radius 2 is 1.90 bits per heavy atom. The fourth-order valence-corrected chi connectivity index (χ4v) is 2.25. The minimum absolute atomic E-state index is 0.212. The Hall–Kier alpha value is -1.96. The molecule has 2 aromatic rings. The van der Waals surface area contributed by atoms with Crippen molar-refractivity contribution in [3.63, 3.8) is 0 Å². The number of aromatic nitrogens is 1. The van der Waals surface area contributed by atoms with Gasteiger partial charge in [-0.05, 0) is 18.2 Å². The van der Waals surface area contributed by atoms with Crippen molar-refractivity contribution in [1.29, 1.82) is 5.26 Å². The third-order valence-electron chi connectivity index (χ3n) is 2.71. The Labute approximate surface area is 127 Å². The second-order valence-corrected chi connectivity index (χ2v) is 4.87. The van der Waals surface area contributed by atoms with E-state index < -0.39 is 0 Å². The maximum Gasteiger partial charge on any atom is 0.154 e. The summed E-state index contributed by atoms with van der Waals surface area (Å²) in [6, 6.07) is 13.2. The summed E-state index contributed by atoms with van der Waals surface area (Å²) < 4.78 is 0. The van der Waals surface area contributed by atoms with Crippen LogP contribution in [0.3, 0.4) is 0 Å². The maximum absolute atomic E-state index is 8.80. The van der Waals surface area contributed by atoms with Gasteiger partial charge in [-0.25, -0.2) is 4.98 Å². The van der Waals surface area contributed by atoms with Crippen molar-refractivity contribution in [2.24, 2.45) is 0 Å². The number of benzene rings is 1. The summed E-state index contributed by atoms with van der Waals surface area (Å²) in [6.45, 7) is 0.467. The van der Waals surface area contributed by atoms with Gasteiger partial charge in [-0.15, -0.1) is 0 Å². The van der Waals surface area contributed by atoms with Gasteiger partial charge in [0.05, 0.1) is 22.5 Å². The lowest BCUT2D eigenvalue weighted by atomic mass is 10.2. The van der Waals surface area contributed by atoms with Crippen LogP contribution in [0.5, 0.6) is 0 Å². The lowest BCUT2D eigenvalue weighted by molar-refractivity contribution is 0.928. The molecular formula is C14H12Cl2N4. The Morgan fingerprint density at radius 1 is 1.20 bits per heavy atom. The predicted molar refractivity (Wildman–Crippen MR) is 82.3 cm³/mol. The minimum atomic E-state index is 0.212. The number of anilines is 3. The fraction of sp³-hybridized carbons (Fsp3) is 0.143. The van der Waals surface area contributed by atoms with Gasteiger partial charge in [0.2, 0.25) is 0 Å². The highest BCUT2D eigenvalue weighted by molar-refractivity contribution is 6.37. The molecule has 0 saturated heterocycles. The lowest BCUT2D eigenvalue weighted by Crippen LogP contribution is -2.20. The number of nitriles is 1. The smallest absolute Gasteiger partial charge is 0.154 e. The van der Waals surface area contributed by atoms with E-state index in [-0.39, 0.29) is 5.82 Å². The molecule has 0 fully saturated rings. The van der Waals surface area contributed by atoms with E-state index in [1.807, 2.05) is 35.2 Å². The molecule has 2 N–H and O–H groups in total. The molecule has 0 aliphatic heterocycles. The van der Waals surface area contributed by atoms with Crippen LogP contribution < -0.4 is 10.6 Å². The molecule has 102 valence electrons. The van der Waals surface area contributed by atoms with Gasteiger partial charge < -0.3 is 10.6 Å². The monoisotopic (exact) mass is 306 g/mol. The van der Waals surface area contributed by atoms with Crippen LogP contribution in [0.1, 0.15) is 6.42 Å². The predicted octanol–water partition coefficient (Wildman–Crippen LogP) is 4.02. The van der Waals surface area contributed by atoms with Crippen LogP contribution in [0.4, 0.5) is 17.3 Å². The zero-order valence-corrected chi connectivity index (χ0v) is 12.1. The Balaban J connectivity index is 2.47. The quantitative estimate of drug-likeness (QED) is 0.926. The zero-order valence-electron chi connectivity index (χ0n) is 10.6. The largest absolute Gasteiger partial charge is 0.382 e. The molecule has 4 nitrogen and oxygen atoms in total. The molecule has 1 aromatic carbocycles. The van der Waals surface area contributed by atoms with E-state index in [1.54, 1.807) is 6.07 Å². The highest BCUT2D eigenvalue weighted by Crippen LogP contribution is 2.34. The SMILES string of the molecule is N#CCCN(c1ccccc1)c1nc(N)c(Cl)cc1Cl. The highest BCUT2D eigenvalue weighted by Gasteiger charge is 2.16. The molecule has 0 spiro atoms. The molecule has 0 radical (unpaired) electrons. The van der Waals surface area contributed by atoms with E-state index >= 15 is 0 Å². The van der Waals surface area contributed by atoms with Gasteiger partial charge in [0.1, 0.15) is 5.82 Å². The lowest BCUT2D eigenvalue weighted by Gasteiger charge is -2.24. The van der Waals surface area contributed by atoms with Gasteiger partial charge in [-0.3, -0.25) is 0 Å². The molecule has 6 heteroatoms. The summed E-state index contributed by atoms with van der Waals surface area (Å²) in [4.78, 5) is 6.08. The molecule has 2 rings (SSSR count). The summed E-state index contributed by atoms with van der Waals surface area (Å²) >= 11 is 12.1. The third kappa shape index (κ3) is 3.13. The van der Waals surface area contributed by atoms with Crippen LogP contribution in [-0.4, -0.2) is 11.5 Å². The number of hydrogen-bond donors (Lipinski definition) is 1. The van der Waals surface area contributed by atoms with Crippen molar-refractivity contribution in [3.05, 3.63) is 46.4 Å². The molecule has 1 aromatic heterocycles. The number of rotatable bonds is 4. The zero-order chi connectivity index (χ0) is 14.5. The van der Waals surface area contributed by atoms with Gasteiger partial charge in [-0.1, -0.05) is 41.4 Å². The van der Waals surface area contributed by atoms with E-state index in [1.165, 1.54) is 0 Å². The van der Waals surface area contributed by atoms with Gasteiger partial charge in [0.25, 0.3) is 0 Å². The molecule has 0 unspecified atom stereocenters. The van der Waals surface area contributed by atoms with Crippen molar-refractivity contribution in [2.45, 2.75) is 6.42 Å². The van der Waals surface area contributed by atoms with Crippen LogP contribution in [0.25, 0.3) is 0 Å². The third-order valence-corrected chi connectivity index (χ3v) is 3.29. The number of nitrogen functional groups attached to an aromatic ring is 1.